The fourth-order valence-electron chi connectivity index (χ4n) is 1.29. The minimum atomic E-state index is -0.564. The molecule has 0 aliphatic rings. The number of hydrogen-bond acceptors (Lipinski definition) is 4. The number of amidine groups is 1. The Morgan fingerprint density at radius 1 is 1.61 bits per heavy atom. The maximum atomic E-state index is 13.4. The summed E-state index contributed by atoms with van der Waals surface area (Å²) in [6, 6.07) is 3.41. The number of nitrogens with zero attached hydrogens (tertiary/aromatic N) is 2. The summed E-state index contributed by atoms with van der Waals surface area (Å²) in [4.78, 5) is 13.7. The van der Waals surface area contributed by atoms with E-state index in [-0.39, 0.29) is 30.9 Å². The van der Waals surface area contributed by atoms with Gasteiger partial charge in [-0.1, -0.05) is 0 Å². The highest BCUT2D eigenvalue weighted by atomic mass is 19.1. The SMILES string of the molecule is CN=C(N)COCCc1cc([N+](=O)[O-])ccc1F. The Kier molecular flexibility index (Phi) is 5.19. The van der Waals surface area contributed by atoms with Crippen LogP contribution in [0.15, 0.2) is 23.2 Å². The van der Waals surface area contributed by atoms with Crippen molar-refractivity contribution in [2.45, 2.75) is 6.42 Å². The summed E-state index contributed by atoms with van der Waals surface area (Å²) in [6.45, 7) is 0.376. The van der Waals surface area contributed by atoms with Gasteiger partial charge in [0.25, 0.3) is 5.69 Å². The third-order valence-electron chi connectivity index (χ3n) is 2.29. The van der Waals surface area contributed by atoms with Crippen LogP contribution in [0.1, 0.15) is 5.56 Å². The highest BCUT2D eigenvalue weighted by molar-refractivity contribution is 5.81. The zero-order chi connectivity index (χ0) is 13.5. The van der Waals surface area contributed by atoms with Gasteiger partial charge in [-0.2, -0.15) is 0 Å². The van der Waals surface area contributed by atoms with Crippen LogP contribution in [-0.4, -0.2) is 31.0 Å². The molecular weight excluding hydrogens is 241 g/mol. The molecule has 0 atom stereocenters. The van der Waals surface area contributed by atoms with Gasteiger partial charge < -0.3 is 10.5 Å². The molecule has 7 heteroatoms. The molecule has 98 valence electrons. The Balaban J connectivity index is 2.56. The predicted molar refractivity (Wildman–Crippen MR) is 65.1 cm³/mol. The first-order chi connectivity index (χ1) is 8.54. The second-order valence-electron chi connectivity index (χ2n) is 3.55. The lowest BCUT2D eigenvalue weighted by Crippen LogP contribution is -2.19. The van der Waals surface area contributed by atoms with Gasteiger partial charge in [0, 0.05) is 19.2 Å². The molecule has 0 unspecified atom stereocenters. The van der Waals surface area contributed by atoms with Crippen LogP contribution in [0.4, 0.5) is 10.1 Å². The van der Waals surface area contributed by atoms with Crippen molar-refractivity contribution in [1.29, 1.82) is 0 Å². The van der Waals surface area contributed by atoms with E-state index in [9.17, 15) is 14.5 Å². The lowest BCUT2D eigenvalue weighted by Gasteiger charge is -2.05. The minimum absolute atomic E-state index is 0.138. The van der Waals surface area contributed by atoms with Crippen molar-refractivity contribution in [1.82, 2.24) is 0 Å². The molecule has 0 aromatic heterocycles. The van der Waals surface area contributed by atoms with E-state index in [1.807, 2.05) is 0 Å². The molecule has 2 N–H and O–H groups in total. The maximum absolute atomic E-state index is 13.4. The molecule has 0 bridgehead atoms. The summed E-state index contributed by atoms with van der Waals surface area (Å²) in [6.07, 6.45) is 0.241. The van der Waals surface area contributed by atoms with Crippen molar-refractivity contribution in [3.8, 4) is 0 Å². The summed E-state index contributed by atoms with van der Waals surface area (Å²) >= 11 is 0. The van der Waals surface area contributed by atoms with Crippen LogP contribution in [0.25, 0.3) is 0 Å². The van der Waals surface area contributed by atoms with E-state index in [1.165, 1.54) is 6.07 Å². The van der Waals surface area contributed by atoms with Crippen LogP contribution < -0.4 is 5.73 Å². The van der Waals surface area contributed by atoms with E-state index >= 15 is 0 Å². The smallest absolute Gasteiger partial charge is 0.269 e. The van der Waals surface area contributed by atoms with Gasteiger partial charge in [-0.3, -0.25) is 15.1 Å². The molecule has 18 heavy (non-hydrogen) atoms. The van der Waals surface area contributed by atoms with Crippen LogP contribution >= 0.6 is 0 Å². The van der Waals surface area contributed by atoms with E-state index in [0.29, 0.717) is 5.84 Å². The quantitative estimate of drug-likeness (QED) is 0.272. The number of non-ortho nitro benzene ring substituents is 1. The summed E-state index contributed by atoms with van der Waals surface area (Å²) in [5.74, 6) is -0.143. The molecule has 0 spiro atoms. The fraction of sp³-hybridized carbons (Fsp3) is 0.364. The zero-order valence-corrected chi connectivity index (χ0v) is 9.93. The average Bonchev–Trinajstić information content (AvgIpc) is 2.35. The predicted octanol–water partition coefficient (Wildman–Crippen LogP) is 1.28. The fourth-order valence-corrected chi connectivity index (χ4v) is 1.29. The van der Waals surface area contributed by atoms with Gasteiger partial charge in [0.2, 0.25) is 0 Å². The normalized spacial score (nSPS) is 11.6. The van der Waals surface area contributed by atoms with Gasteiger partial charge in [0.15, 0.2) is 0 Å². The number of nitro benzene ring substituents is 1. The molecule has 0 heterocycles. The van der Waals surface area contributed by atoms with Gasteiger partial charge >= 0.3 is 0 Å². The topological polar surface area (TPSA) is 90.8 Å². The first-order valence-electron chi connectivity index (χ1n) is 5.26. The number of nitrogens with two attached hydrogens (primary N) is 1. The van der Waals surface area contributed by atoms with E-state index in [2.05, 4.69) is 4.99 Å². The zero-order valence-electron chi connectivity index (χ0n) is 9.93. The molecule has 0 aliphatic carbocycles. The van der Waals surface area contributed by atoms with E-state index < -0.39 is 10.7 Å². The van der Waals surface area contributed by atoms with Crippen LogP contribution in [0.3, 0.4) is 0 Å². The van der Waals surface area contributed by atoms with Crippen molar-refractivity contribution in [2.24, 2.45) is 10.7 Å². The van der Waals surface area contributed by atoms with Crippen LogP contribution in [0.2, 0.25) is 0 Å². The molecule has 6 nitrogen and oxygen atoms in total. The van der Waals surface area contributed by atoms with Crippen molar-refractivity contribution >= 4 is 11.5 Å². The Bertz CT molecular complexity index is 463. The monoisotopic (exact) mass is 255 g/mol. The maximum Gasteiger partial charge on any atom is 0.269 e. The third-order valence-corrected chi connectivity index (χ3v) is 2.29. The van der Waals surface area contributed by atoms with Crippen LogP contribution in [-0.2, 0) is 11.2 Å². The van der Waals surface area contributed by atoms with Crippen molar-refractivity contribution in [3.63, 3.8) is 0 Å². The van der Waals surface area contributed by atoms with E-state index in [4.69, 9.17) is 10.5 Å². The number of hydrogen-bond donors (Lipinski definition) is 1. The second kappa shape index (κ2) is 6.65. The number of aliphatic imine (C=N–C) groups is 1. The largest absolute Gasteiger partial charge is 0.386 e. The molecule has 0 fully saturated rings. The van der Waals surface area contributed by atoms with Gasteiger partial charge in [-0.05, 0) is 18.1 Å². The first-order valence-corrected chi connectivity index (χ1v) is 5.26. The molecule has 0 aliphatic heterocycles. The van der Waals surface area contributed by atoms with Crippen LogP contribution in [0, 0.1) is 15.9 Å². The summed E-state index contributed by atoms with van der Waals surface area (Å²) in [5.41, 5.74) is 5.52. The van der Waals surface area contributed by atoms with E-state index in [1.54, 1.807) is 7.05 Å². The molecule has 0 radical (unpaired) electrons. The summed E-state index contributed by atoms with van der Waals surface area (Å²) in [5, 5.41) is 10.5. The van der Waals surface area contributed by atoms with Crippen molar-refractivity contribution in [3.05, 3.63) is 39.7 Å². The highest BCUT2D eigenvalue weighted by Gasteiger charge is 2.10. The standard InChI is InChI=1S/C11H14FN3O3/c1-14-11(13)7-18-5-4-8-6-9(15(16)17)2-3-10(8)12/h2-3,6H,4-5,7H2,1H3,(H2,13,14). The number of benzene rings is 1. The summed E-state index contributed by atoms with van der Waals surface area (Å²) < 4.78 is 18.5. The molecule has 0 amide bonds. The average molecular weight is 255 g/mol. The second-order valence-corrected chi connectivity index (χ2v) is 3.55. The number of rotatable bonds is 6. The Morgan fingerprint density at radius 3 is 2.94 bits per heavy atom. The highest BCUT2D eigenvalue weighted by Crippen LogP contribution is 2.17. The number of halogens is 1. The molecule has 0 saturated carbocycles. The molecular formula is C11H14FN3O3. The Labute approximate surface area is 103 Å². The lowest BCUT2D eigenvalue weighted by molar-refractivity contribution is -0.385. The van der Waals surface area contributed by atoms with Crippen LogP contribution in [0.5, 0.6) is 0 Å². The first kappa shape index (κ1) is 14.0. The van der Waals surface area contributed by atoms with Gasteiger partial charge in [0.1, 0.15) is 18.3 Å². The van der Waals surface area contributed by atoms with Crippen molar-refractivity contribution in [2.75, 3.05) is 20.3 Å². The van der Waals surface area contributed by atoms with Crippen molar-refractivity contribution < 1.29 is 14.1 Å². The van der Waals surface area contributed by atoms with Gasteiger partial charge in [-0.15, -0.1) is 0 Å². The molecule has 1 rings (SSSR count). The molecule has 1 aromatic rings. The Morgan fingerprint density at radius 2 is 2.33 bits per heavy atom. The number of ether oxygens (including phenoxy) is 1. The Hall–Kier alpha value is -2.02. The minimum Gasteiger partial charge on any atom is -0.386 e. The molecule has 0 saturated heterocycles. The molecule has 1 aromatic carbocycles. The third kappa shape index (κ3) is 4.10. The number of nitro groups is 1. The van der Waals surface area contributed by atoms with Gasteiger partial charge in [-0.25, -0.2) is 4.39 Å². The van der Waals surface area contributed by atoms with E-state index in [0.717, 1.165) is 12.1 Å². The summed E-state index contributed by atoms with van der Waals surface area (Å²) in [7, 11) is 1.54. The van der Waals surface area contributed by atoms with Gasteiger partial charge in [0.05, 0.1) is 11.5 Å². The lowest BCUT2D eigenvalue weighted by atomic mass is 10.1.